The number of ketones is 1. The molecule has 0 atom stereocenters. The van der Waals surface area contributed by atoms with Crippen LogP contribution in [-0.4, -0.2) is 29.7 Å². The lowest BCUT2D eigenvalue weighted by molar-refractivity contribution is -0.130. The number of unbranched alkanes of at least 4 members (excludes halogenated alkanes) is 1. The minimum atomic E-state index is -0.454. The lowest BCUT2D eigenvalue weighted by Crippen LogP contribution is -2.34. The maximum absolute atomic E-state index is 13.0. The number of thiophene rings is 1. The molecular weight excluding hydrogens is 342 g/mol. The van der Waals surface area contributed by atoms with E-state index in [-0.39, 0.29) is 11.7 Å². The molecule has 26 heavy (non-hydrogen) atoms. The predicted octanol–water partition coefficient (Wildman–Crippen LogP) is 5.71. The Kier molecular flexibility index (Phi) is 6.99. The molecule has 0 fully saturated rings. The highest BCUT2D eigenvalue weighted by Crippen LogP contribution is 2.36. The van der Waals surface area contributed by atoms with Gasteiger partial charge in [-0.1, -0.05) is 59.2 Å². The Balaban J connectivity index is 2.40. The smallest absolute Gasteiger partial charge is 0.227 e. The lowest BCUT2D eigenvalue weighted by atomic mass is 9.88. The van der Waals surface area contributed by atoms with Gasteiger partial charge in [0.1, 0.15) is 0 Å². The van der Waals surface area contributed by atoms with Crippen molar-refractivity contribution in [1.82, 2.24) is 4.90 Å². The number of carbonyl (C=O) groups excluding carboxylic acids is 2. The van der Waals surface area contributed by atoms with Crippen molar-refractivity contribution in [3.8, 4) is 0 Å². The molecule has 1 aromatic heterocycles. The topological polar surface area (TPSA) is 37.4 Å². The van der Waals surface area contributed by atoms with E-state index in [4.69, 9.17) is 0 Å². The van der Waals surface area contributed by atoms with Crippen molar-refractivity contribution in [2.45, 2.75) is 60.3 Å². The van der Waals surface area contributed by atoms with Crippen molar-refractivity contribution in [1.29, 1.82) is 0 Å². The molecule has 0 bridgehead atoms. The van der Waals surface area contributed by atoms with Gasteiger partial charge in [-0.15, -0.1) is 11.3 Å². The molecule has 0 saturated heterocycles. The van der Waals surface area contributed by atoms with E-state index in [1.165, 1.54) is 11.3 Å². The largest absolute Gasteiger partial charge is 0.342 e. The molecular formula is C22H31NO2S. The van der Waals surface area contributed by atoms with Gasteiger partial charge in [0, 0.05) is 23.2 Å². The van der Waals surface area contributed by atoms with E-state index in [0.717, 1.165) is 52.9 Å². The molecule has 1 heterocycles. The number of Topliss-reactive ketones (excluding diaryl/α,β-unsaturated/α-hetero) is 1. The van der Waals surface area contributed by atoms with E-state index in [2.05, 4.69) is 13.8 Å². The van der Waals surface area contributed by atoms with E-state index in [9.17, 15) is 9.59 Å². The molecule has 1 aromatic carbocycles. The minimum Gasteiger partial charge on any atom is -0.342 e. The molecule has 0 aliphatic carbocycles. The van der Waals surface area contributed by atoms with Crippen LogP contribution in [0.2, 0.25) is 0 Å². The number of hydrogen-bond acceptors (Lipinski definition) is 3. The van der Waals surface area contributed by atoms with Crippen molar-refractivity contribution in [2.75, 3.05) is 13.1 Å². The molecule has 0 N–H and O–H groups in total. The first-order chi connectivity index (χ1) is 12.3. The van der Waals surface area contributed by atoms with Crippen LogP contribution in [0.1, 0.15) is 69.1 Å². The number of carbonyl (C=O) groups is 2. The first-order valence-electron chi connectivity index (χ1n) is 9.62. The number of hydrogen-bond donors (Lipinski definition) is 0. The summed E-state index contributed by atoms with van der Waals surface area (Å²) < 4.78 is 1.08. The average molecular weight is 374 g/mol. The van der Waals surface area contributed by atoms with Gasteiger partial charge in [-0.05, 0) is 29.9 Å². The summed E-state index contributed by atoms with van der Waals surface area (Å²) in [7, 11) is 0. The van der Waals surface area contributed by atoms with Crippen LogP contribution in [0.15, 0.2) is 24.3 Å². The zero-order valence-corrected chi connectivity index (χ0v) is 17.5. The zero-order valence-electron chi connectivity index (χ0n) is 16.7. The number of fused-ring (bicyclic) bond motifs is 1. The number of nitrogens with zero attached hydrogens (tertiary/aromatic N) is 1. The fraction of sp³-hybridized carbons (Fsp3) is 0.545. The molecule has 0 spiro atoms. The highest BCUT2D eigenvalue weighted by molar-refractivity contribution is 7.21. The van der Waals surface area contributed by atoms with Crippen molar-refractivity contribution < 1.29 is 9.59 Å². The highest BCUT2D eigenvalue weighted by Gasteiger charge is 2.29. The summed E-state index contributed by atoms with van der Waals surface area (Å²) in [5.41, 5.74) is 0.456. The molecule has 142 valence electrons. The fourth-order valence-corrected chi connectivity index (χ4v) is 4.41. The third kappa shape index (κ3) is 4.73. The Morgan fingerprint density at radius 2 is 1.73 bits per heavy atom. The van der Waals surface area contributed by atoms with Crippen LogP contribution < -0.4 is 0 Å². The molecule has 0 aliphatic heterocycles. The summed E-state index contributed by atoms with van der Waals surface area (Å²) in [6.07, 6.45) is 3.35. The van der Waals surface area contributed by atoms with Gasteiger partial charge in [0.15, 0.2) is 5.78 Å². The second-order valence-electron chi connectivity index (χ2n) is 7.90. The number of rotatable bonds is 8. The van der Waals surface area contributed by atoms with Gasteiger partial charge in [0.05, 0.1) is 11.3 Å². The predicted molar refractivity (Wildman–Crippen MR) is 111 cm³/mol. The van der Waals surface area contributed by atoms with Gasteiger partial charge in [-0.2, -0.15) is 0 Å². The van der Waals surface area contributed by atoms with Gasteiger partial charge in [0.25, 0.3) is 0 Å². The molecule has 2 aromatic rings. The molecule has 0 unspecified atom stereocenters. The number of benzene rings is 1. The van der Waals surface area contributed by atoms with E-state index in [1.54, 1.807) is 0 Å². The Morgan fingerprint density at radius 1 is 1.04 bits per heavy atom. The normalized spacial score (nSPS) is 11.7. The second-order valence-corrected chi connectivity index (χ2v) is 8.95. The van der Waals surface area contributed by atoms with Crippen LogP contribution in [0.4, 0.5) is 0 Å². The Morgan fingerprint density at radius 3 is 2.35 bits per heavy atom. The molecule has 0 saturated carbocycles. The summed E-state index contributed by atoms with van der Waals surface area (Å²) in [5, 5.41) is 1.05. The van der Waals surface area contributed by atoms with Crippen molar-refractivity contribution in [3.63, 3.8) is 0 Å². The lowest BCUT2D eigenvalue weighted by Gasteiger charge is -2.23. The Bertz CT molecular complexity index is 770. The molecule has 1 amide bonds. The van der Waals surface area contributed by atoms with Gasteiger partial charge >= 0.3 is 0 Å². The van der Waals surface area contributed by atoms with E-state index in [1.807, 2.05) is 49.9 Å². The quantitative estimate of drug-likeness (QED) is 0.556. The van der Waals surface area contributed by atoms with E-state index >= 15 is 0 Å². The second kappa shape index (κ2) is 8.81. The molecule has 0 aliphatic rings. The van der Waals surface area contributed by atoms with Crippen LogP contribution in [0, 0.1) is 5.41 Å². The van der Waals surface area contributed by atoms with Crippen LogP contribution in [-0.2, 0) is 11.2 Å². The van der Waals surface area contributed by atoms with Crippen LogP contribution in [0.3, 0.4) is 0 Å². The summed E-state index contributed by atoms with van der Waals surface area (Å²) in [5.74, 6) is 0.254. The fourth-order valence-electron chi connectivity index (χ4n) is 3.04. The number of amides is 1. The maximum Gasteiger partial charge on any atom is 0.227 e. The molecule has 4 heteroatoms. The third-order valence-corrected chi connectivity index (χ3v) is 5.75. The van der Waals surface area contributed by atoms with Crippen LogP contribution in [0.5, 0.6) is 0 Å². The van der Waals surface area contributed by atoms with Crippen molar-refractivity contribution in [2.24, 2.45) is 5.41 Å². The van der Waals surface area contributed by atoms with E-state index in [0.29, 0.717) is 6.42 Å². The SMILES string of the molecule is CCCCN(CCC)C(=O)Cc1c(C(=O)C(C)(C)C)sc2ccccc12. The Labute approximate surface area is 161 Å². The van der Waals surface area contributed by atoms with Gasteiger partial charge < -0.3 is 4.90 Å². The summed E-state index contributed by atoms with van der Waals surface area (Å²) >= 11 is 1.52. The van der Waals surface area contributed by atoms with Gasteiger partial charge in [-0.25, -0.2) is 0 Å². The minimum absolute atomic E-state index is 0.122. The van der Waals surface area contributed by atoms with E-state index < -0.39 is 5.41 Å². The van der Waals surface area contributed by atoms with Crippen LogP contribution in [0.25, 0.3) is 10.1 Å². The van der Waals surface area contributed by atoms with Crippen LogP contribution >= 0.6 is 11.3 Å². The highest BCUT2D eigenvalue weighted by atomic mass is 32.1. The summed E-state index contributed by atoms with van der Waals surface area (Å²) in [6, 6.07) is 8.04. The molecule has 0 radical (unpaired) electrons. The van der Waals surface area contributed by atoms with Gasteiger partial charge in [0.2, 0.25) is 5.91 Å². The van der Waals surface area contributed by atoms with Gasteiger partial charge in [-0.3, -0.25) is 9.59 Å². The zero-order chi connectivity index (χ0) is 19.3. The molecule has 3 nitrogen and oxygen atoms in total. The first kappa shape index (κ1) is 20.6. The standard InChI is InChI=1S/C22H31NO2S/c1-6-8-14-23(13-7-2)19(24)15-17-16-11-9-10-12-18(16)26-20(17)21(25)22(3,4)5/h9-12H,6-8,13-15H2,1-5H3. The third-order valence-electron chi connectivity index (χ3n) is 4.54. The maximum atomic E-state index is 13.0. The average Bonchev–Trinajstić information content (AvgIpc) is 2.95. The monoisotopic (exact) mass is 373 g/mol. The molecule has 2 rings (SSSR count). The van der Waals surface area contributed by atoms with Crippen molar-refractivity contribution in [3.05, 3.63) is 34.7 Å². The Hall–Kier alpha value is -1.68. The van der Waals surface area contributed by atoms with Crippen molar-refractivity contribution >= 4 is 33.1 Å². The summed E-state index contributed by atoms with van der Waals surface area (Å²) in [4.78, 5) is 28.7. The summed E-state index contributed by atoms with van der Waals surface area (Å²) in [6.45, 7) is 11.6. The first-order valence-corrected chi connectivity index (χ1v) is 10.4.